The highest BCUT2D eigenvalue weighted by Crippen LogP contribution is 2.17. The summed E-state index contributed by atoms with van der Waals surface area (Å²) in [6.45, 7) is 7.07. The molecular formula is C23H32N2O2S. The fourth-order valence-electron chi connectivity index (χ4n) is 4.11. The van der Waals surface area contributed by atoms with E-state index in [1.807, 2.05) is 0 Å². The van der Waals surface area contributed by atoms with E-state index in [0.29, 0.717) is 13.2 Å². The molecule has 0 radical (unpaired) electrons. The number of hydrogen-bond acceptors (Lipinski definition) is 5. The highest BCUT2D eigenvalue weighted by Gasteiger charge is 2.29. The molecular weight excluding hydrogens is 368 g/mol. The minimum Gasteiger partial charge on any atom is -0.371 e. The van der Waals surface area contributed by atoms with Gasteiger partial charge in [-0.15, -0.1) is 0 Å². The first-order valence-corrected chi connectivity index (χ1v) is 11.6. The average Bonchev–Trinajstić information content (AvgIpc) is 3.27. The predicted octanol–water partition coefficient (Wildman–Crippen LogP) is 3.67. The van der Waals surface area contributed by atoms with Gasteiger partial charge in [0.2, 0.25) is 0 Å². The Balaban J connectivity index is 1.10. The number of aryl methyl sites for hydroxylation is 1. The minimum absolute atomic E-state index is 0.132. The van der Waals surface area contributed by atoms with Gasteiger partial charge in [-0.25, -0.2) is 0 Å². The molecule has 2 aromatic rings. The van der Waals surface area contributed by atoms with Gasteiger partial charge in [0.15, 0.2) is 0 Å². The van der Waals surface area contributed by atoms with Gasteiger partial charge < -0.3 is 14.4 Å². The van der Waals surface area contributed by atoms with Crippen LogP contribution in [0.15, 0.2) is 47.2 Å². The zero-order valence-corrected chi connectivity index (χ0v) is 17.5. The lowest BCUT2D eigenvalue weighted by atomic mass is 10.1. The van der Waals surface area contributed by atoms with Gasteiger partial charge in [0, 0.05) is 32.6 Å². The van der Waals surface area contributed by atoms with Crippen molar-refractivity contribution in [3.8, 4) is 0 Å². The molecule has 0 amide bonds. The van der Waals surface area contributed by atoms with E-state index in [1.54, 1.807) is 11.3 Å². The van der Waals surface area contributed by atoms with Gasteiger partial charge in [-0.3, -0.25) is 4.90 Å². The fraction of sp³-hybridized carbons (Fsp3) is 0.565. The molecule has 3 heterocycles. The third-order valence-corrected chi connectivity index (χ3v) is 6.57. The van der Waals surface area contributed by atoms with E-state index in [1.165, 1.54) is 36.9 Å². The summed E-state index contributed by atoms with van der Waals surface area (Å²) in [5.74, 6) is 0. The first kappa shape index (κ1) is 20.0. The first-order chi connectivity index (χ1) is 13.9. The number of unbranched alkanes of at least 4 members (excludes halogenated alkanes) is 1. The van der Waals surface area contributed by atoms with Crippen LogP contribution in [0, 0.1) is 0 Å². The number of thiophene rings is 1. The minimum atomic E-state index is 0.132. The molecule has 0 bridgehead atoms. The maximum absolute atomic E-state index is 6.16. The summed E-state index contributed by atoms with van der Waals surface area (Å²) >= 11 is 1.80. The number of rotatable bonds is 8. The Bertz CT molecular complexity index is 663. The van der Waals surface area contributed by atoms with E-state index in [2.05, 4.69) is 57.0 Å². The van der Waals surface area contributed by atoms with Crippen LogP contribution in [0.3, 0.4) is 0 Å². The molecule has 2 unspecified atom stereocenters. The zero-order valence-electron chi connectivity index (χ0n) is 16.7. The van der Waals surface area contributed by atoms with E-state index in [0.717, 1.165) is 32.6 Å². The molecule has 4 nitrogen and oxygen atoms in total. The molecule has 5 heteroatoms. The molecule has 0 aliphatic carbocycles. The van der Waals surface area contributed by atoms with Crippen molar-refractivity contribution in [2.75, 3.05) is 45.9 Å². The normalized spacial score (nSPS) is 24.4. The van der Waals surface area contributed by atoms with Crippen LogP contribution in [-0.2, 0) is 22.3 Å². The molecule has 152 valence electrons. The predicted molar refractivity (Wildman–Crippen MR) is 115 cm³/mol. The standard InChI is InChI=1S/C23H32N2O2S/c1-2-6-20(7-3-1)16-22-17-27-23(18-26-22)25-13-11-24(12-14-25)10-5-4-8-21-9-15-28-19-21/h1-3,6-7,9,15,19,22-23H,4-5,8,10-14,16-18H2. The van der Waals surface area contributed by atoms with Crippen molar-refractivity contribution in [3.05, 3.63) is 58.3 Å². The topological polar surface area (TPSA) is 24.9 Å². The highest BCUT2D eigenvalue weighted by molar-refractivity contribution is 7.07. The molecule has 28 heavy (non-hydrogen) atoms. The van der Waals surface area contributed by atoms with Crippen LogP contribution in [0.25, 0.3) is 0 Å². The number of hydrogen-bond donors (Lipinski definition) is 0. The van der Waals surface area contributed by atoms with Crippen molar-refractivity contribution >= 4 is 11.3 Å². The Morgan fingerprint density at radius 1 is 0.893 bits per heavy atom. The monoisotopic (exact) mass is 400 g/mol. The molecule has 2 aliphatic rings. The van der Waals surface area contributed by atoms with Gasteiger partial charge in [0.1, 0.15) is 6.23 Å². The van der Waals surface area contributed by atoms with Crippen LogP contribution in [0.1, 0.15) is 24.0 Å². The largest absolute Gasteiger partial charge is 0.371 e. The molecule has 2 saturated heterocycles. The smallest absolute Gasteiger partial charge is 0.134 e. The molecule has 4 rings (SSSR count). The molecule has 2 atom stereocenters. The maximum Gasteiger partial charge on any atom is 0.134 e. The van der Waals surface area contributed by atoms with E-state index < -0.39 is 0 Å². The van der Waals surface area contributed by atoms with Crippen molar-refractivity contribution in [2.24, 2.45) is 0 Å². The van der Waals surface area contributed by atoms with Gasteiger partial charge >= 0.3 is 0 Å². The fourth-order valence-corrected chi connectivity index (χ4v) is 4.82. The molecule has 0 N–H and O–H groups in total. The number of nitrogens with zero attached hydrogens (tertiary/aromatic N) is 2. The molecule has 1 aromatic heterocycles. The lowest BCUT2D eigenvalue weighted by molar-refractivity contribution is -0.189. The van der Waals surface area contributed by atoms with Crippen LogP contribution < -0.4 is 0 Å². The number of piperazine rings is 1. The van der Waals surface area contributed by atoms with Crippen molar-refractivity contribution in [1.29, 1.82) is 0 Å². The van der Waals surface area contributed by atoms with E-state index in [4.69, 9.17) is 9.47 Å². The van der Waals surface area contributed by atoms with Gasteiger partial charge in [-0.2, -0.15) is 11.3 Å². The summed E-state index contributed by atoms with van der Waals surface area (Å²) in [4.78, 5) is 5.06. The molecule has 0 saturated carbocycles. The highest BCUT2D eigenvalue weighted by atomic mass is 32.1. The number of ether oxygens (including phenoxy) is 2. The van der Waals surface area contributed by atoms with Crippen molar-refractivity contribution in [3.63, 3.8) is 0 Å². The summed E-state index contributed by atoms with van der Waals surface area (Å²) in [6.07, 6.45) is 5.06. The summed E-state index contributed by atoms with van der Waals surface area (Å²) in [6, 6.07) is 12.8. The zero-order chi connectivity index (χ0) is 19.0. The van der Waals surface area contributed by atoms with Gasteiger partial charge in [-0.05, 0) is 53.8 Å². The Hall–Kier alpha value is -1.24. The van der Waals surface area contributed by atoms with Crippen molar-refractivity contribution < 1.29 is 9.47 Å². The van der Waals surface area contributed by atoms with Crippen molar-refractivity contribution in [2.45, 2.75) is 38.0 Å². The van der Waals surface area contributed by atoms with Crippen LogP contribution in [-0.4, -0.2) is 68.1 Å². The number of benzene rings is 1. The van der Waals surface area contributed by atoms with Crippen molar-refractivity contribution in [1.82, 2.24) is 9.80 Å². The van der Waals surface area contributed by atoms with E-state index in [9.17, 15) is 0 Å². The van der Waals surface area contributed by atoms with Crippen LogP contribution in [0.4, 0.5) is 0 Å². The van der Waals surface area contributed by atoms with E-state index in [-0.39, 0.29) is 12.3 Å². The quantitative estimate of drug-likeness (QED) is 0.631. The Morgan fingerprint density at radius 3 is 2.46 bits per heavy atom. The molecule has 0 spiro atoms. The molecule has 2 aliphatic heterocycles. The summed E-state index contributed by atoms with van der Waals surface area (Å²) in [5.41, 5.74) is 2.82. The van der Waals surface area contributed by atoms with E-state index >= 15 is 0 Å². The second-order valence-corrected chi connectivity index (χ2v) is 8.68. The van der Waals surface area contributed by atoms with Gasteiger partial charge in [0.25, 0.3) is 0 Å². The lowest BCUT2D eigenvalue weighted by Gasteiger charge is -2.41. The second-order valence-electron chi connectivity index (χ2n) is 7.90. The Labute approximate surface area is 173 Å². The van der Waals surface area contributed by atoms with Crippen LogP contribution in [0.5, 0.6) is 0 Å². The van der Waals surface area contributed by atoms with Crippen LogP contribution in [0.2, 0.25) is 0 Å². The Morgan fingerprint density at radius 2 is 1.75 bits per heavy atom. The van der Waals surface area contributed by atoms with Gasteiger partial charge in [0.05, 0.1) is 19.3 Å². The first-order valence-electron chi connectivity index (χ1n) is 10.6. The van der Waals surface area contributed by atoms with Crippen LogP contribution >= 0.6 is 11.3 Å². The molecule has 2 fully saturated rings. The third kappa shape index (κ3) is 5.88. The summed E-state index contributed by atoms with van der Waals surface area (Å²) in [7, 11) is 0. The second kappa shape index (κ2) is 10.5. The third-order valence-electron chi connectivity index (χ3n) is 5.84. The summed E-state index contributed by atoms with van der Waals surface area (Å²) in [5, 5.41) is 4.45. The SMILES string of the molecule is c1ccc(CC2COC(N3CCN(CCCCc4ccsc4)CC3)CO2)cc1. The maximum atomic E-state index is 6.16. The van der Waals surface area contributed by atoms with Gasteiger partial charge in [-0.1, -0.05) is 30.3 Å². The summed E-state index contributed by atoms with van der Waals surface area (Å²) < 4.78 is 12.3. The average molecular weight is 401 g/mol. The molecule has 1 aromatic carbocycles. The Kier molecular flexibility index (Phi) is 7.53. The lowest BCUT2D eigenvalue weighted by Crippen LogP contribution is -2.55.